The van der Waals surface area contributed by atoms with Crippen LogP contribution in [0.5, 0.6) is 0 Å². The van der Waals surface area contributed by atoms with Gasteiger partial charge in [-0.25, -0.2) is 19.3 Å². The molecule has 2 N–H and O–H groups in total. The highest BCUT2D eigenvalue weighted by molar-refractivity contribution is 5.76. The molecule has 0 aromatic carbocycles. The predicted octanol–water partition coefficient (Wildman–Crippen LogP) is 7.42. The van der Waals surface area contributed by atoms with E-state index in [4.69, 9.17) is 9.97 Å². The van der Waals surface area contributed by atoms with Crippen LogP contribution in [-0.2, 0) is 6.18 Å². The normalized spacial score (nSPS) is 20.8. The molecule has 6 rings (SSSR count). The van der Waals surface area contributed by atoms with Gasteiger partial charge in [-0.15, -0.1) is 0 Å². The number of fused-ring (bicyclic) bond motifs is 1. The standard InChI is InChI=1S/C28H30F4N6/c29-19-11-9-17(10-12-19)24-25(22-13-14-33-27(36-22)35-21-7-3-4-8-21)38-16-18(28(30,31)32)15-23(26(38)37-24)34-20-5-1-2-6-20/h9,11-17,20-21,34H,1-8,10H2,(H,33,35,36). The Morgan fingerprint density at radius 1 is 0.947 bits per heavy atom. The van der Waals surface area contributed by atoms with Crippen molar-refractivity contribution in [2.24, 2.45) is 0 Å². The van der Waals surface area contributed by atoms with Gasteiger partial charge in [0.15, 0.2) is 5.65 Å². The number of imidazole rings is 1. The zero-order valence-electron chi connectivity index (χ0n) is 20.9. The van der Waals surface area contributed by atoms with Crippen molar-refractivity contribution in [2.75, 3.05) is 10.6 Å². The lowest BCUT2D eigenvalue weighted by Gasteiger charge is -2.17. The lowest BCUT2D eigenvalue weighted by Crippen LogP contribution is -2.17. The van der Waals surface area contributed by atoms with E-state index in [1.165, 1.54) is 16.6 Å². The Morgan fingerprint density at radius 3 is 2.32 bits per heavy atom. The van der Waals surface area contributed by atoms with Gasteiger partial charge >= 0.3 is 6.18 Å². The van der Waals surface area contributed by atoms with Gasteiger partial charge in [0.05, 0.1) is 28.3 Å². The first-order valence-corrected chi connectivity index (χ1v) is 13.4. The van der Waals surface area contributed by atoms with Crippen molar-refractivity contribution in [2.45, 2.75) is 82.0 Å². The van der Waals surface area contributed by atoms with Gasteiger partial charge in [0.25, 0.3) is 0 Å². The Morgan fingerprint density at radius 2 is 1.66 bits per heavy atom. The molecule has 1 unspecified atom stereocenters. The number of anilines is 2. The maximum absolute atomic E-state index is 14.1. The molecule has 2 fully saturated rings. The van der Waals surface area contributed by atoms with Crippen molar-refractivity contribution < 1.29 is 17.6 Å². The molecular weight excluding hydrogens is 496 g/mol. The highest BCUT2D eigenvalue weighted by Crippen LogP contribution is 2.40. The van der Waals surface area contributed by atoms with Crippen LogP contribution in [0, 0.1) is 0 Å². The summed E-state index contributed by atoms with van der Waals surface area (Å²) >= 11 is 0. The smallest absolute Gasteiger partial charge is 0.379 e. The second-order valence-electron chi connectivity index (χ2n) is 10.5. The number of nitrogens with one attached hydrogen (secondary N) is 2. The fraction of sp³-hybridized carbons (Fsp3) is 0.464. The lowest BCUT2D eigenvalue weighted by molar-refractivity contribution is -0.137. The monoisotopic (exact) mass is 526 g/mol. The van der Waals surface area contributed by atoms with E-state index >= 15 is 0 Å². The van der Waals surface area contributed by atoms with Gasteiger partial charge in [-0.05, 0) is 56.4 Å². The molecule has 3 aromatic rings. The fourth-order valence-electron chi connectivity index (χ4n) is 5.84. The quantitative estimate of drug-likeness (QED) is 0.327. The van der Waals surface area contributed by atoms with E-state index in [1.54, 1.807) is 18.3 Å². The van der Waals surface area contributed by atoms with E-state index in [1.807, 2.05) is 0 Å². The second kappa shape index (κ2) is 10.0. The van der Waals surface area contributed by atoms with Gasteiger partial charge in [0.1, 0.15) is 5.83 Å². The molecule has 38 heavy (non-hydrogen) atoms. The molecule has 1 atom stereocenters. The summed E-state index contributed by atoms with van der Waals surface area (Å²) in [6.07, 6.45) is 11.3. The van der Waals surface area contributed by atoms with Crippen LogP contribution in [0.15, 0.2) is 48.6 Å². The van der Waals surface area contributed by atoms with Crippen LogP contribution < -0.4 is 10.6 Å². The minimum atomic E-state index is -4.54. The molecule has 0 saturated heterocycles. The Labute approximate surface area is 218 Å². The number of aromatic nitrogens is 4. The van der Waals surface area contributed by atoms with Crippen molar-refractivity contribution in [3.05, 3.63) is 59.8 Å². The first kappa shape index (κ1) is 24.9. The summed E-state index contributed by atoms with van der Waals surface area (Å²) in [4.78, 5) is 14.0. The van der Waals surface area contributed by atoms with Crippen LogP contribution in [0.1, 0.15) is 75.0 Å². The van der Waals surface area contributed by atoms with Crippen LogP contribution >= 0.6 is 0 Å². The first-order valence-electron chi connectivity index (χ1n) is 13.4. The van der Waals surface area contributed by atoms with Crippen LogP contribution in [0.4, 0.5) is 29.2 Å². The summed E-state index contributed by atoms with van der Waals surface area (Å²) in [6, 6.07) is 3.22. The van der Waals surface area contributed by atoms with E-state index < -0.39 is 11.7 Å². The molecule has 10 heteroatoms. The van der Waals surface area contributed by atoms with Crippen LogP contribution in [0.2, 0.25) is 0 Å². The number of hydrogen-bond acceptors (Lipinski definition) is 5. The van der Waals surface area contributed by atoms with Crippen molar-refractivity contribution >= 4 is 17.3 Å². The van der Waals surface area contributed by atoms with Crippen molar-refractivity contribution in [3.63, 3.8) is 0 Å². The van der Waals surface area contributed by atoms with Gasteiger partial charge in [0.2, 0.25) is 5.95 Å². The number of alkyl halides is 3. The first-order chi connectivity index (χ1) is 18.3. The summed E-state index contributed by atoms with van der Waals surface area (Å²) in [7, 11) is 0. The summed E-state index contributed by atoms with van der Waals surface area (Å²) in [6.45, 7) is 0. The number of nitrogens with zero attached hydrogens (tertiary/aromatic N) is 4. The molecule has 2 saturated carbocycles. The molecule has 0 aliphatic heterocycles. The lowest BCUT2D eigenvalue weighted by atomic mass is 9.94. The minimum absolute atomic E-state index is 0.0961. The maximum atomic E-state index is 14.1. The maximum Gasteiger partial charge on any atom is 0.417 e. The third kappa shape index (κ3) is 5.00. The Bertz CT molecular complexity index is 1380. The van der Waals surface area contributed by atoms with Gasteiger partial charge in [-0.1, -0.05) is 31.8 Å². The van der Waals surface area contributed by atoms with Gasteiger partial charge < -0.3 is 10.6 Å². The van der Waals surface area contributed by atoms with Gasteiger partial charge in [-0.2, -0.15) is 13.2 Å². The Kier molecular flexibility index (Phi) is 6.57. The number of allylic oxidation sites excluding steroid dienone is 4. The summed E-state index contributed by atoms with van der Waals surface area (Å²) in [5.74, 6) is -0.199. The summed E-state index contributed by atoms with van der Waals surface area (Å²) in [5, 5.41) is 6.71. The zero-order chi connectivity index (χ0) is 26.3. The summed E-state index contributed by atoms with van der Waals surface area (Å²) < 4.78 is 57.6. The average molecular weight is 527 g/mol. The largest absolute Gasteiger partial charge is 0.417 e. The van der Waals surface area contributed by atoms with Crippen LogP contribution in [-0.4, -0.2) is 31.4 Å². The molecule has 0 radical (unpaired) electrons. The Balaban J connectivity index is 1.52. The zero-order valence-corrected chi connectivity index (χ0v) is 20.9. The van der Waals surface area contributed by atoms with Crippen molar-refractivity contribution in [1.29, 1.82) is 0 Å². The van der Waals surface area contributed by atoms with Gasteiger partial charge in [-0.3, -0.25) is 4.40 Å². The van der Waals surface area contributed by atoms with Gasteiger partial charge in [0, 0.05) is 30.4 Å². The molecule has 3 aliphatic rings. The topological polar surface area (TPSA) is 67.1 Å². The van der Waals surface area contributed by atoms with E-state index in [0.717, 1.165) is 63.6 Å². The number of halogens is 4. The summed E-state index contributed by atoms with van der Waals surface area (Å²) in [5.41, 5.74) is 1.48. The third-order valence-electron chi connectivity index (χ3n) is 7.78. The van der Waals surface area contributed by atoms with E-state index in [-0.39, 0.29) is 23.8 Å². The van der Waals surface area contributed by atoms with Crippen molar-refractivity contribution in [1.82, 2.24) is 19.4 Å². The highest BCUT2D eigenvalue weighted by Gasteiger charge is 2.34. The van der Waals surface area contributed by atoms with E-state index in [0.29, 0.717) is 40.8 Å². The van der Waals surface area contributed by atoms with Crippen LogP contribution in [0.3, 0.4) is 0 Å². The minimum Gasteiger partial charge on any atom is -0.379 e. The molecule has 3 heterocycles. The molecule has 3 aromatic heterocycles. The number of hydrogen-bond donors (Lipinski definition) is 2. The Hall–Kier alpha value is -3.43. The highest BCUT2D eigenvalue weighted by atomic mass is 19.4. The van der Waals surface area contributed by atoms with E-state index in [2.05, 4.69) is 15.6 Å². The second-order valence-corrected chi connectivity index (χ2v) is 10.5. The molecule has 200 valence electrons. The van der Waals surface area contributed by atoms with Crippen molar-refractivity contribution in [3.8, 4) is 11.4 Å². The SMILES string of the molecule is FC1=CCC(c2nc3c(NC4CCCC4)cc(C(F)(F)F)cn3c2-c2ccnc(NC3CCCC3)n2)C=C1. The fourth-order valence-corrected chi connectivity index (χ4v) is 5.84. The number of pyridine rings is 1. The molecular formula is C28H30F4N6. The molecule has 0 spiro atoms. The molecule has 0 amide bonds. The molecule has 6 nitrogen and oxygen atoms in total. The number of rotatable bonds is 6. The predicted molar refractivity (Wildman–Crippen MR) is 139 cm³/mol. The average Bonchev–Trinajstić information content (AvgIpc) is 3.66. The molecule has 0 bridgehead atoms. The molecule has 3 aliphatic carbocycles. The van der Waals surface area contributed by atoms with Crippen LogP contribution in [0.25, 0.3) is 17.0 Å². The van der Waals surface area contributed by atoms with E-state index in [9.17, 15) is 17.6 Å². The third-order valence-corrected chi connectivity index (χ3v) is 7.78.